The second-order valence-corrected chi connectivity index (χ2v) is 3.68. The van der Waals surface area contributed by atoms with Gasteiger partial charge in [-0.3, -0.25) is 4.98 Å². The average Bonchev–Trinajstić information content (AvgIpc) is 2.28. The minimum absolute atomic E-state index is 0.280. The van der Waals surface area contributed by atoms with Crippen molar-refractivity contribution in [3.63, 3.8) is 0 Å². The summed E-state index contributed by atoms with van der Waals surface area (Å²) < 4.78 is 36.9. The van der Waals surface area contributed by atoms with Gasteiger partial charge in [-0.05, 0) is 23.8 Å². The van der Waals surface area contributed by atoms with E-state index in [1.165, 1.54) is 12.3 Å². The standard InChI is InChI=1S/C11H6ClF3N2/c12-10-5-7(3-4-16-10)8-1-2-9(17-6-8)11(13,14)15/h1-6H. The Morgan fingerprint density at radius 1 is 1.00 bits per heavy atom. The van der Waals surface area contributed by atoms with Gasteiger partial charge in [-0.2, -0.15) is 13.2 Å². The first-order valence-electron chi connectivity index (χ1n) is 4.62. The molecule has 0 amide bonds. The van der Waals surface area contributed by atoms with E-state index >= 15 is 0 Å². The molecule has 88 valence electrons. The summed E-state index contributed by atoms with van der Waals surface area (Å²) in [5.41, 5.74) is 0.315. The maximum Gasteiger partial charge on any atom is 0.433 e. The lowest BCUT2D eigenvalue weighted by molar-refractivity contribution is -0.141. The fourth-order valence-electron chi connectivity index (χ4n) is 1.31. The van der Waals surface area contributed by atoms with Crippen LogP contribution in [0.4, 0.5) is 13.2 Å². The highest BCUT2D eigenvalue weighted by molar-refractivity contribution is 6.29. The largest absolute Gasteiger partial charge is 0.433 e. The summed E-state index contributed by atoms with van der Waals surface area (Å²) in [7, 11) is 0. The van der Waals surface area contributed by atoms with Crippen LogP contribution in [-0.4, -0.2) is 9.97 Å². The molecule has 0 atom stereocenters. The number of aromatic nitrogens is 2. The molecule has 2 rings (SSSR count). The molecule has 0 saturated heterocycles. The summed E-state index contributed by atoms with van der Waals surface area (Å²) >= 11 is 5.69. The zero-order valence-electron chi connectivity index (χ0n) is 8.37. The van der Waals surface area contributed by atoms with E-state index in [4.69, 9.17) is 11.6 Å². The Balaban J connectivity index is 2.36. The third-order valence-corrected chi connectivity index (χ3v) is 2.32. The third-order valence-electron chi connectivity index (χ3n) is 2.11. The normalized spacial score (nSPS) is 11.5. The minimum Gasteiger partial charge on any atom is -0.251 e. The highest BCUT2D eigenvalue weighted by atomic mass is 35.5. The number of hydrogen-bond donors (Lipinski definition) is 0. The molecule has 0 radical (unpaired) electrons. The van der Waals surface area contributed by atoms with Crippen molar-refractivity contribution >= 4 is 11.6 Å². The molecular formula is C11H6ClF3N2. The summed E-state index contributed by atoms with van der Waals surface area (Å²) in [5.74, 6) is 0. The number of halogens is 4. The minimum atomic E-state index is -4.42. The molecule has 2 aromatic heterocycles. The Bertz CT molecular complexity index is 523. The molecule has 0 spiro atoms. The van der Waals surface area contributed by atoms with E-state index in [1.807, 2.05) is 0 Å². The first-order valence-corrected chi connectivity index (χ1v) is 5.00. The van der Waals surface area contributed by atoms with Gasteiger partial charge in [-0.25, -0.2) is 4.98 Å². The van der Waals surface area contributed by atoms with Crippen molar-refractivity contribution in [2.45, 2.75) is 6.18 Å². The van der Waals surface area contributed by atoms with Crippen molar-refractivity contribution in [1.82, 2.24) is 9.97 Å². The topological polar surface area (TPSA) is 25.8 Å². The smallest absolute Gasteiger partial charge is 0.251 e. The summed E-state index contributed by atoms with van der Waals surface area (Å²) in [6, 6.07) is 5.49. The van der Waals surface area contributed by atoms with Gasteiger partial charge < -0.3 is 0 Å². The van der Waals surface area contributed by atoms with Crippen LogP contribution in [0, 0.1) is 0 Å². The Morgan fingerprint density at radius 2 is 1.76 bits per heavy atom. The second kappa shape index (κ2) is 4.33. The lowest BCUT2D eigenvalue weighted by Gasteiger charge is -2.06. The van der Waals surface area contributed by atoms with Crippen LogP contribution in [0.25, 0.3) is 11.1 Å². The van der Waals surface area contributed by atoms with Crippen molar-refractivity contribution in [2.24, 2.45) is 0 Å². The van der Waals surface area contributed by atoms with E-state index < -0.39 is 11.9 Å². The van der Waals surface area contributed by atoms with Crippen LogP contribution < -0.4 is 0 Å². The van der Waals surface area contributed by atoms with Crippen LogP contribution in [0.1, 0.15) is 5.69 Å². The maximum atomic E-state index is 12.3. The third kappa shape index (κ3) is 2.74. The molecule has 0 fully saturated rings. The predicted octanol–water partition coefficient (Wildman–Crippen LogP) is 3.82. The summed E-state index contributed by atoms with van der Waals surface area (Å²) in [5, 5.41) is 0.280. The van der Waals surface area contributed by atoms with Crippen molar-refractivity contribution in [2.75, 3.05) is 0 Å². The highest BCUT2D eigenvalue weighted by Crippen LogP contribution is 2.29. The van der Waals surface area contributed by atoms with Gasteiger partial charge in [-0.15, -0.1) is 0 Å². The van der Waals surface area contributed by atoms with E-state index in [9.17, 15) is 13.2 Å². The van der Waals surface area contributed by atoms with Gasteiger partial charge in [-0.1, -0.05) is 17.7 Å². The molecule has 0 N–H and O–H groups in total. The summed E-state index contributed by atoms with van der Waals surface area (Å²) in [6.45, 7) is 0. The van der Waals surface area contributed by atoms with Gasteiger partial charge in [0.2, 0.25) is 0 Å². The van der Waals surface area contributed by atoms with Crippen LogP contribution in [0.15, 0.2) is 36.7 Å². The quantitative estimate of drug-likeness (QED) is 0.727. The second-order valence-electron chi connectivity index (χ2n) is 3.30. The van der Waals surface area contributed by atoms with Gasteiger partial charge >= 0.3 is 6.18 Å². The fraction of sp³-hybridized carbons (Fsp3) is 0.0909. The lowest BCUT2D eigenvalue weighted by Crippen LogP contribution is -2.07. The van der Waals surface area contributed by atoms with Crippen LogP contribution in [-0.2, 0) is 6.18 Å². The Labute approximate surface area is 100 Å². The van der Waals surface area contributed by atoms with Gasteiger partial charge in [0, 0.05) is 18.0 Å². The zero-order valence-corrected chi connectivity index (χ0v) is 9.13. The van der Waals surface area contributed by atoms with Crippen LogP contribution >= 0.6 is 11.6 Å². The molecule has 0 unspecified atom stereocenters. The molecule has 0 saturated carbocycles. The lowest BCUT2D eigenvalue weighted by atomic mass is 10.1. The Hall–Kier alpha value is -1.62. The van der Waals surface area contributed by atoms with Crippen molar-refractivity contribution < 1.29 is 13.2 Å². The number of hydrogen-bond acceptors (Lipinski definition) is 2. The highest BCUT2D eigenvalue weighted by Gasteiger charge is 2.31. The first-order chi connectivity index (χ1) is 7.97. The van der Waals surface area contributed by atoms with Gasteiger partial charge in [0.15, 0.2) is 0 Å². The Kier molecular flexibility index (Phi) is 3.02. The molecule has 17 heavy (non-hydrogen) atoms. The van der Waals surface area contributed by atoms with Crippen LogP contribution in [0.3, 0.4) is 0 Å². The molecule has 0 aliphatic rings. The van der Waals surface area contributed by atoms with E-state index in [1.54, 1.807) is 12.1 Å². The van der Waals surface area contributed by atoms with Gasteiger partial charge in [0.1, 0.15) is 10.8 Å². The Morgan fingerprint density at radius 3 is 2.29 bits per heavy atom. The molecule has 6 heteroatoms. The van der Waals surface area contributed by atoms with E-state index in [0.29, 0.717) is 11.1 Å². The SMILES string of the molecule is FC(F)(F)c1ccc(-c2ccnc(Cl)c2)cn1. The fourth-order valence-corrected chi connectivity index (χ4v) is 1.49. The molecule has 0 aliphatic heterocycles. The molecule has 0 aliphatic carbocycles. The van der Waals surface area contributed by atoms with Crippen molar-refractivity contribution in [3.8, 4) is 11.1 Å². The molecule has 2 heterocycles. The molecule has 0 aromatic carbocycles. The number of alkyl halides is 3. The number of nitrogens with zero attached hydrogens (tertiary/aromatic N) is 2. The zero-order chi connectivity index (χ0) is 12.5. The average molecular weight is 259 g/mol. The molecular weight excluding hydrogens is 253 g/mol. The number of pyridine rings is 2. The summed E-state index contributed by atoms with van der Waals surface area (Å²) in [6.07, 6.45) is -1.78. The monoisotopic (exact) mass is 258 g/mol. The van der Waals surface area contributed by atoms with E-state index in [2.05, 4.69) is 9.97 Å². The molecule has 2 nitrogen and oxygen atoms in total. The first kappa shape index (κ1) is 11.9. The maximum absolute atomic E-state index is 12.3. The van der Waals surface area contributed by atoms with Crippen molar-refractivity contribution in [3.05, 3.63) is 47.5 Å². The molecule has 2 aromatic rings. The van der Waals surface area contributed by atoms with E-state index in [-0.39, 0.29) is 5.15 Å². The van der Waals surface area contributed by atoms with E-state index in [0.717, 1.165) is 12.3 Å². The van der Waals surface area contributed by atoms with Crippen LogP contribution in [0.5, 0.6) is 0 Å². The van der Waals surface area contributed by atoms with Crippen LogP contribution in [0.2, 0.25) is 5.15 Å². The molecule has 0 bridgehead atoms. The van der Waals surface area contributed by atoms with Crippen molar-refractivity contribution in [1.29, 1.82) is 0 Å². The van der Waals surface area contributed by atoms with Gasteiger partial charge in [0.25, 0.3) is 0 Å². The number of rotatable bonds is 1. The van der Waals surface area contributed by atoms with Gasteiger partial charge in [0.05, 0.1) is 0 Å². The summed E-state index contributed by atoms with van der Waals surface area (Å²) in [4.78, 5) is 7.15. The predicted molar refractivity (Wildman–Crippen MR) is 57.5 cm³/mol.